The molecule has 2 atom stereocenters. The van der Waals surface area contributed by atoms with Crippen LogP contribution in [-0.4, -0.2) is 42.0 Å². The Kier molecular flexibility index (Phi) is 6.13. The number of para-hydroxylation sites is 1. The standard InChI is InChI=1S/C20H21BN2O5/c1-22-19(24)18(13-7-3-2-4-8-13)20(25)23-17(21(26)27)11-14-12-28-16-10-6-5-9-15(14)16/h2-10,12,17-18,26-27H,11H2,1H3,(H,22,24)(H,23,25)/t17-,18?/m0/s1. The topological polar surface area (TPSA) is 112 Å². The minimum absolute atomic E-state index is 0.135. The fraction of sp³-hybridized carbons (Fsp3) is 0.200. The van der Waals surface area contributed by atoms with E-state index in [9.17, 15) is 19.6 Å². The van der Waals surface area contributed by atoms with Crippen molar-refractivity contribution in [3.05, 3.63) is 72.0 Å². The van der Waals surface area contributed by atoms with Gasteiger partial charge < -0.3 is 25.1 Å². The van der Waals surface area contributed by atoms with Crippen LogP contribution in [0.4, 0.5) is 0 Å². The minimum Gasteiger partial charge on any atom is -0.464 e. The van der Waals surface area contributed by atoms with Gasteiger partial charge in [-0.1, -0.05) is 48.5 Å². The van der Waals surface area contributed by atoms with Crippen LogP contribution in [0.3, 0.4) is 0 Å². The average molecular weight is 380 g/mol. The van der Waals surface area contributed by atoms with Gasteiger partial charge in [-0.25, -0.2) is 0 Å². The van der Waals surface area contributed by atoms with Gasteiger partial charge in [-0.05, 0) is 23.6 Å². The fourth-order valence-electron chi connectivity index (χ4n) is 3.14. The van der Waals surface area contributed by atoms with Gasteiger partial charge in [0.05, 0.1) is 12.2 Å². The second kappa shape index (κ2) is 8.73. The van der Waals surface area contributed by atoms with Crippen molar-refractivity contribution >= 4 is 29.9 Å². The Hall–Kier alpha value is -3.10. The maximum absolute atomic E-state index is 12.8. The number of fused-ring (bicyclic) bond motifs is 1. The SMILES string of the molecule is CNC(=O)C(C(=O)N[C@@H](Cc1coc2ccccc12)B(O)O)c1ccccc1. The third-order valence-electron chi connectivity index (χ3n) is 4.59. The molecule has 28 heavy (non-hydrogen) atoms. The number of hydrogen-bond acceptors (Lipinski definition) is 5. The maximum Gasteiger partial charge on any atom is 0.475 e. The van der Waals surface area contributed by atoms with E-state index in [2.05, 4.69) is 10.6 Å². The number of amides is 2. The van der Waals surface area contributed by atoms with Gasteiger partial charge in [0.15, 0.2) is 0 Å². The van der Waals surface area contributed by atoms with Gasteiger partial charge >= 0.3 is 7.12 Å². The van der Waals surface area contributed by atoms with Gasteiger partial charge in [0, 0.05) is 12.4 Å². The number of hydrogen-bond donors (Lipinski definition) is 4. The molecule has 0 radical (unpaired) electrons. The highest BCUT2D eigenvalue weighted by Gasteiger charge is 2.33. The van der Waals surface area contributed by atoms with E-state index in [4.69, 9.17) is 4.42 Å². The van der Waals surface area contributed by atoms with Crippen LogP contribution in [0.2, 0.25) is 0 Å². The van der Waals surface area contributed by atoms with Crippen LogP contribution in [0, 0.1) is 0 Å². The van der Waals surface area contributed by atoms with Crippen LogP contribution in [0.5, 0.6) is 0 Å². The van der Waals surface area contributed by atoms with Crippen LogP contribution in [0.1, 0.15) is 17.0 Å². The number of rotatable bonds is 7. The zero-order valence-corrected chi connectivity index (χ0v) is 15.3. The Morgan fingerprint density at radius 1 is 1.04 bits per heavy atom. The molecule has 0 saturated heterocycles. The van der Waals surface area contributed by atoms with E-state index in [0.717, 1.165) is 10.9 Å². The summed E-state index contributed by atoms with van der Waals surface area (Å²) in [6.07, 6.45) is 1.66. The van der Waals surface area contributed by atoms with Gasteiger partial charge in [-0.2, -0.15) is 0 Å². The van der Waals surface area contributed by atoms with Crippen molar-refractivity contribution in [2.24, 2.45) is 0 Å². The summed E-state index contributed by atoms with van der Waals surface area (Å²) in [6.45, 7) is 0. The third-order valence-corrected chi connectivity index (χ3v) is 4.59. The second-order valence-electron chi connectivity index (χ2n) is 6.45. The highest BCUT2D eigenvalue weighted by Crippen LogP contribution is 2.23. The zero-order valence-electron chi connectivity index (χ0n) is 15.3. The van der Waals surface area contributed by atoms with E-state index in [1.54, 1.807) is 36.4 Å². The summed E-state index contributed by atoms with van der Waals surface area (Å²) in [7, 11) is -0.361. The van der Waals surface area contributed by atoms with Crippen molar-refractivity contribution in [3.63, 3.8) is 0 Å². The van der Waals surface area contributed by atoms with Gasteiger partial charge in [0.1, 0.15) is 11.5 Å². The van der Waals surface area contributed by atoms with Crippen LogP contribution < -0.4 is 10.6 Å². The van der Waals surface area contributed by atoms with E-state index in [1.807, 2.05) is 18.2 Å². The van der Waals surface area contributed by atoms with Crippen molar-refractivity contribution in [2.45, 2.75) is 18.3 Å². The van der Waals surface area contributed by atoms with E-state index in [0.29, 0.717) is 11.1 Å². The van der Waals surface area contributed by atoms with E-state index >= 15 is 0 Å². The Bertz CT molecular complexity index is 957. The molecular formula is C20H21BN2O5. The summed E-state index contributed by atoms with van der Waals surface area (Å²) in [5, 5.41) is 25.5. The number of benzene rings is 2. The molecule has 1 heterocycles. The van der Waals surface area contributed by atoms with Gasteiger partial charge in [0.25, 0.3) is 0 Å². The fourth-order valence-corrected chi connectivity index (χ4v) is 3.14. The molecular weight excluding hydrogens is 359 g/mol. The molecule has 0 bridgehead atoms. The van der Waals surface area contributed by atoms with Crippen molar-refractivity contribution in [1.29, 1.82) is 0 Å². The largest absolute Gasteiger partial charge is 0.475 e. The van der Waals surface area contributed by atoms with Crippen molar-refractivity contribution in [1.82, 2.24) is 10.6 Å². The molecule has 2 aromatic carbocycles. The summed E-state index contributed by atoms with van der Waals surface area (Å²) >= 11 is 0. The van der Waals surface area contributed by atoms with Crippen molar-refractivity contribution < 1.29 is 24.1 Å². The average Bonchev–Trinajstić information content (AvgIpc) is 3.11. The molecule has 8 heteroatoms. The minimum atomic E-state index is -1.81. The van der Waals surface area contributed by atoms with E-state index < -0.39 is 30.8 Å². The first-order chi connectivity index (χ1) is 13.5. The van der Waals surface area contributed by atoms with Gasteiger partial charge in [0.2, 0.25) is 11.8 Å². The lowest BCUT2D eigenvalue weighted by Crippen LogP contribution is -2.51. The first-order valence-corrected chi connectivity index (χ1v) is 8.89. The summed E-state index contributed by atoms with van der Waals surface area (Å²) < 4.78 is 5.47. The molecule has 3 rings (SSSR count). The predicted molar refractivity (Wildman–Crippen MR) is 105 cm³/mol. The molecule has 144 valence electrons. The molecule has 2 amide bonds. The lowest BCUT2D eigenvalue weighted by molar-refractivity contribution is -0.131. The molecule has 0 aliphatic heterocycles. The number of carbonyl (C=O) groups excluding carboxylic acids is 2. The van der Waals surface area contributed by atoms with Crippen molar-refractivity contribution in [2.75, 3.05) is 7.05 Å². The Labute approximate surface area is 162 Å². The van der Waals surface area contributed by atoms with Crippen LogP contribution in [0.15, 0.2) is 65.3 Å². The van der Waals surface area contributed by atoms with Crippen LogP contribution in [0.25, 0.3) is 11.0 Å². The first kappa shape index (κ1) is 19.7. The summed E-state index contributed by atoms with van der Waals surface area (Å²) in [5.74, 6) is -3.21. The number of furan rings is 1. The van der Waals surface area contributed by atoms with Crippen LogP contribution in [-0.2, 0) is 16.0 Å². The third kappa shape index (κ3) is 4.24. The number of carbonyl (C=O) groups is 2. The number of nitrogens with one attached hydrogen (secondary N) is 2. The molecule has 0 aliphatic rings. The highest BCUT2D eigenvalue weighted by atomic mass is 16.4. The van der Waals surface area contributed by atoms with Crippen molar-refractivity contribution in [3.8, 4) is 0 Å². The van der Waals surface area contributed by atoms with Crippen LogP contribution >= 0.6 is 0 Å². The molecule has 3 aromatic rings. The van der Waals surface area contributed by atoms with Gasteiger partial charge in [-0.15, -0.1) is 0 Å². The summed E-state index contributed by atoms with van der Waals surface area (Å²) in [4.78, 5) is 25.1. The molecule has 0 spiro atoms. The molecule has 0 aliphatic carbocycles. The monoisotopic (exact) mass is 380 g/mol. The quantitative estimate of drug-likeness (QED) is 0.361. The summed E-state index contributed by atoms with van der Waals surface area (Å²) in [6, 6.07) is 15.9. The zero-order chi connectivity index (χ0) is 20.1. The van der Waals surface area contributed by atoms with Gasteiger partial charge in [-0.3, -0.25) is 9.59 Å². The van der Waals surface area contributed by atoms with E-state index in [-0.39, 0.29) is 6.42 Å². The maximum atomic E-state index is 12.8. The predicted octanol–water partition coefficient (Wildman–Crippen LogP) is 1.00. The number of likely N-dealkylation sites (N-methyl/N-ethyl adjacent to an activating group) is 1. The molecule has 4 N–H and O–H groups in total. The molecule has 7 nitrogen and oxygen atoms in total. The normalized spacial score (nSPS) is 13.0. The van der Waals surface area contributed by atoms with E-state index in [1.165, 1.54) is 13.3 Å². The Morgan fingerprint density at radius 2 is 1.71 bits per heavy atom. The molecule has 0 saturated carbocycles. The first-order valence-electron chi connectivity index (χ1n) is 8.89. The summed E-state index contributed by atoms with van der Waals surface area (Å²) in [5.41, 5.74) is 1.91. The smallest absolute Gasteiger partial charge is 0.464 e. The lowest BCUT2D eigenvalue weighted by Gasteiger charge is -2.21. The lowest BCUT2D eigenvalue weighted by atomic mass is 9.75. The highest BCUT2D eigenvalue weighted by molar-refractivity contribution is 6.43. The molecule has 1 aromatic heterocycles. The molecule has 1 unspecified atom stereocenters. The Morgan fingerprint density at radius 3 is 2.39 bits per heavy atom. The second-order valence-corrected chi connectivity index (χ2v) is 6.45. The molecule has 0 fully saturated rings. The Balaban J connectivity index is 1.82.